The fraction of sp³-hybridized carbons (Fsp3) is 0.500. The lowest BCUT2D eigenvalue weighted by atomic mass is 9.92. The van der Waals surface area contributed by atoms with Crippen molar-refractivity contribution in [2.24, 2.45) is 17.8 Å². The zero-order valence-corrected chi connectivity index (χ0v) is 15.4. The highest BCUT2D eigenvalue weighted by molar-refractivity contribution is 6.02. The Morgan fingerprint density at radius 2 is 1.81 bits per heavy atom. The maximum atomic E-state index is 13.1. The summed E-state index contributed by atoms with van der Waals surface area (Å²) in [4.78, 5) is 40.2. The number of esters is 1. The zero-order valence-electron chi connectivity index (χ0n) is 15.4. The molecule has 4 rings (SSSR count). The summed E-state index contributed by atoms with van der Waals surface area (Å²) >= 11 is 0. The highest BCUT2D eigenvalue weighted by atomic mass is 16.5. The number of benzene rings is 1. The first-order chi connectivity index (χ1) is 13.1. The van der Waals surface area contributed by atoms with Crippen molar-refractivity contribution in [3.05, 3.63) is 48.0 Å². The van der Waals surface area contributed by atoms with Crippen LogP contribution in [0.3, 0.4) is 0 Å². The number of amides is 1. The number of rotatable bonds is 4. The fourth-order valence-electron chi connectivity index (χ4n) is 4.57. The van der Waals surface area contributed by atoms with E-state index in [4.69, 9.17) is 4.74 Å². The van der Waals surface area contributed by atoms with Crippen LogP contribution in [0.15, 0.2) is 42.5 Å². The highest BCUT2D eigenvalue weighted by Gasteiger charge is 2.48. The van der Waals surface area contributed by atoms with E-state index in [1.807, 2.05) is 30.4 Å². The van der Waals surface area contributed by atoms with Gasteiger partial charge in [0.05, 0.1) is 0 Å². The molecule has 0 spiro atoms. The Kier molecular flexibility index (Phi) is 5.10. The molecule has 1 saturated carbocycles. The third-order valence-electron chi connectivity index (χ3n) is 6.02. The quantitative estimate of drug-likeness (QED) is 0.466. The lowest BCUT2D eigenvalue weighted by molar-refractivity contribution is -0.166. The summed E-state index contributed by atoms with van der Waals surface area (Å²) < 4.78 is 5.73. The van der Waals surface area contributed by atoms with Crippen LogP contribution in [0.1, 0.15) is 43.8 Å². The number of hydrogen-bond donors (Lipinski definition) is 0. The fourth-order valence-corrected chi connectivity index (χ4v) is 4.57. The van der Waals surface area contributed by atoms with E-state index >= 15 is 0 Å². The molecule has 1 aromatic rings. The van der Waals surface area contributed by atoms with Gasteiger partial charge in [-0.05, 0) is 31.6 Å². The molecule has 0 radical (unpaired) electrons. The van der Waals surface area contributed by atoms with Crippen molar-refractivity contribution in [2.75, 3.05) is 13.1 Å². The topological polar surface area (TPSA) is 63.7 Å². The van der Waals surface area contributed by atoms with Crippen molar-refractivity contribution in [1.29, 1.82) is 0 Å². The number of ketones is 1. The number of fused-ring (bicyclic) bond motifs is 1. The van der Waals surface area contributed by atoms with Crippen LogP contribution in [0.25, 0.3) is 0 Å². The van der Waals surface area contributed by atoms with E-state index in [0.717, 1.165) is 25.7 Å². The van der Waals surface area contributed by atoms with Crippen LogP contribution in [0.4, 0.5) is 0 Å². The second-order valence-electron chi connectivity index (χ2n) is 7.76. The molecular weight excluding hydrogens is 342 g/mol. The van der Waals surface area contributed by atoms with Crippen molar-refractivity contribution < 1.29 is 19.1 Å². The Labute approximate surface area is 159 Å². The van der Waals surface area contributed by atoms with Gasteiger partial charge in [0.1, 0.15) is 11.7 Å². The van der Waals surface area contributed by atoms with Crippen LogP contribution in [0.5, 0.6) is 0 Å². The lowest BCUT2D eigenvalue weighted by Crippen LogP contribution is -2.41. The number of ether oxygens (including phenoxy) is 1. The summed E-state index contributed by atoms with van der Waals surface area (Å²) in [5.41, 5.74) is 0.658. The van der Waals surface area contributed by atoms with E-state index in [0.29, 0.717) is 25.1 Å². The molecule has 1 heterocycles. The van der Waals surface area contributed by atoms with E-state index in [1.54, 1.807) is 17.0 Å². The van der Waals surface area contributed by atoms with Gasteiger partial charge in [0.2, 0.25) is 6.10 Å². The summed E-state index contributed by atoms with van der Waals surface area (Å²) in [6.07, 6.45) is 7.34. The normalized spacial score (nSPS) is 28.1. The average molecular weight is 367 g/mol. The predicted molar refractivity (Wildman–Crippen MR) is 99.6 cm³/mol. The summed E-state index contributed by atoms with van der Waals surface area (Å²) in [5, 5.41) is 0. The number of carbonyl (C=O) groups excluding carboxylic acids is 3. The molecule has 0 bridgehead atoms. The Morgan fingerprint density at radius 1 is 1.07 bits per heavy atom. The van der Waals surface area contributed by atoms with Gasteiger partial charge in [-0.15, -0.1) is 0 Å². The monoisotopic (exact) mass is 367 g/mol. The molecule has 27 heavy (non-hydrogen) atoms. The minimum atomic E-state index is -0.978. The second kappa shape index (κ2) is 7.67. The van der Waals surface area contributed by atoms with Gasteiger partial charge in [-0.3, -0.25) is 14.4 Å². The van der Waals surface area contributed by atoms with E-state index in [-0.39, 0.29) is 23.5 Å². The molecule has 1 saturated heterocycles. The molecule has 1 amide bonds. The van der Waals surface area contributed by atoms with E-state index < -0.39 is 18.0 Å². The highest BCUT2D eigenvalue weighted by Crippen LogP contribution is 2.42. The van der Waals surface area contributed by atoms with Crippen LogP contribution in [0.2, 0.25) is 0 Å². The first kappa shape index (κ1) is 18.0. The first-order valence-electron chi connectivity index (χ1n) is 9.89. The van der Waals surface area contributed by atoms with Gasteiger partial charge in [-0.25, -0.2) is 0 Å². The van der Waals surface area contributed by atoms with Crippen molar-refractivity contribution >= 4 is 17.7 Å². The molecule has 2 aliphatic carbocycles. The third kappa shape index (κ3) is 3.55. The van der Waals surface area contributed by atoms with Crippen LogP contribution in [-0.2, 0) is 19.1 Å². The van der Waals surface area contributed by atoms with Gasteiger partial charge in [-0.2, -0.15) is 0 Å². The first-order valence-corrected chi connectivity index (χ1v) is 9.89. The average Bonchev–Trinajstić information content (AvgIpc) is 3.26. The molecule has 1 aromatic carbocycles. The van der Waals surface area contributed by atoms with Gasteiger partial charge in [0.25, 0.3) is 5.91 Å². The molecule has 3 aliphatic rings. The number of allylic oxidation sites excluding steroid dienone is 2. The molecule has 1 aliphatic heterocycles. The summed E-state index contributed by atoms with van der Waals surface area (Å²) in [6, 6.07) is 9.12. The molecule has 0 N–H and O–H groups in total. The van der Waals surface area contributed by atoms with Crippen LogP contribution in [-0.4, -0.2) is 35.6 Å². The molecule has 1 unspecified atom stereocenters. The minimum Gasteiger partial charge on any atom is -0.447 e. The number of carbonyl (C=O) groups is 3. The molecule has 5 heteroatoms. The second-order valence-corrected chi connectivity index (χ2v) is 7.76. The van der Waals surface area contributed by atoms with E-state index in [9.17, 15) is 14.4 Å². The Hall–Kier alpha value is -2.43. The number of nitrogens with zero attached hydrogens (tertiary/aromatic N) is 1. The maximum Gasteiger partial charge on any atom is 0.318 e. The number of likely N-dealkylation sites (tertiary alicyclic amines) is 1. The van der Waals surface area contributed by atoms with Gasteiger partial charge >= 0.3 is 5.97 Å². The largest absolute Gasteiger partial charge is 0.447 e. The van der Waals surface area contributed by atoms with Crippen molar-refractivity contribution in [3.63, 3.8) is 0 Å². The standard InChI is InChI=1S/C22H25NO4/c24-18-14-16-10-7-11-17(16)19(18)22(26)27-20(15-8-3-1-4-9-15)21(25)23-12-5-2-6-13-23/h1,3-4,7-9,11,16-17,19-20H,2,5-6,10,12-14H2/t16-,17-,19?,20+/m0/s1. The molecule has 2 fully saturated rings. The Balaban J connectivity index is 1.55. The Bertz CT molecular complexity index is 751. The van der Waals surface area contributed by atoms with Crippen LogP contribution < -0.4 is 0 Å². The zero-order chi connectivity index (χ0) is 18.8. The maximum absolute atomic E-state index is 13.1. The van der Waals surface area contributed by atoms with Gasteiger partial charge < -0.3 is 9.64 Å². The smallest absolute Gasteiger partial charge is 0.318 e. The number of piperidine rings is 1. The third-order valence-corrected chi connectivity index (χ3v) is 6.02. The van der Waals surface area contributed by atoms with E-state index in [2.05, 4.69) is 0 Å². The van der Waals surface area contributed by atoms with Crippen molar-refractivity contribution in [2.45, 2.75) is 38.2 Å². The predicted octanol–water partition coefficient (Wildman–Crippen LogP) is 3.06. The molecule has 0 aromatic heterocycles. The lowest BCUT2D eigenvalue weighted by Gasteiger charge is -2.31. The van der Waals surface area contributed by atoms with Crippen molar-refractivity contribution in [3.8, 4) is 0 Å². The number of hydrogen-bond acceptors (Lipinski definition) is 4. The van der Waals surface area contributed by atoms with Gasteiger partial charge in [0.15, 0.2) is 0 Å². The molecular formula is C22H25NO4. The van der Waals surface area contributed by atoms with Gasteiger partial charge in [-0.1, -0.05) is 42.5 Å². The van der Waals surface area contributed by atoms with Gasteiger partial charge in [0, 0.05) is 31.0 Å². The van der Waals surface area contributed by atoms with E-state index in [1.165, 1.54) is 0 Å². The van der Waals surface area contributed by atoms with Crippen molar-refractivity contribution in [1.82, 2.24) is 4.90 Å². The minimum absolute atomic E-state index is 0.0587. The number of Topliss-reactive ketones (excluding diaryl/α,β-unsaturated/α-hetero) is 1. The molecule has 5 nitrogen and oxygen atoms in total. The molecule has 142 valence electrons. The summed E-state index contributed by atoms with van der Waals surface area (Å²) in [7, 11) is 0. The molecule has 4 atom stereocenters. The summed E-state index contributed by atoms with van der Waals surface area (Å²) in [6.45, 7) is 1.38. The Morgan fingerprint density at radius 3 is 2.56 bits per heavy atom. The van der Waals surface area contributed by atoms with Crippen LogP contribution in [0, 0.1) is 17.8 Å². The van der Waals surface area contributed by atoms with Crippen LogP contribution >= 0.6 is 0 Å². The summed E-state index contributed by atoms with van der Waals surface area (Å²) in [5.74, 6) is -1.43. The SMILES string of the molecule is O=C1C[C@@H]2CC=C[C@@H]2C1C(=O)O[C@@H](C(=O)N1CCCCC1)c1ccccc1.